The first-order chi connectivity index (χ1) is 16.2. The van der Waals surface area contributed by atoms with Crippen molar-refractivity contribution >= 4 is 22.6 Å². The first kappa shape index (κ1) is 23.5. The number of amides is 1. The lowest BCUT2D eigenvalue weighted by atomic mass is 10.0. The van der Waals surface area contributed by atoms with E-state index in [1.807, 2.05) is 5.01 Å². The number of aromatic nitrogens is 3. The molecule has 1 fully saturated rings. The SMILES string of the molecule is CC(=O)N1CCN(n2cc3c(N[C@H](C)c4cccc(C(F)F)c4F)nc(C)nc3cc2=O)CC1. The summed E-state index contributed by atoms with van der Waals surface area (Å²) in [6, 6.07) is 4.61. The van der Waals surface area contributed by atoms with Crippen molar-refractivity contribution < 1.29 is 18.0 Å². The molecular weight excluding hydrogens is 449 g/mol. The molecule has 0 unspecified atom stereocenters. The van der Waals surface area contributed by atoms with E-state index in [1.54, 1.807) is 24.9 Å². The van der Waals surface area contributed by atoms with Crippen LogP contribution in [0.25, 0.3) is 10.9 Å². The van der Waals surface area contributed by atoms with Crippen molar-refractivity contribution in [3.05, 3.63) is 63.6 Å². The van der Waals surface area contributed by atoms with E-state index in [4.69, 9.17) is 0 Å². The predicted octanol–water partition coefficient (Wildman–Crippen LogP) is 3.15. The Balaban J connectivity index is 1.69. The van der Waals surface area contributed by atoms with Gasteiger partial charge in [0.15, 0.2) is 0 Å². The molecule has 1 atom stereocenters. The number of pyridine rings is 1. The second kappa shape index (κ2) is 9.32. The average molecular weight is 474 g/mol. The summed E-state index contributed by atoms with van der Waals surface area (Å²) < 4.78 is 42.4. The highest BCUT2D eigenvalue weighted by atomic mass is 19.3. The van der Waals surface area contributed by atoms with E-state index in [9.17, 15) is 22.8 Å². The van der Waals surface area contributed by atoms with Crippen LogP contribution in [-0.4, -0.2) is 51.6 Å². The van der Waals surface area contributed by atoms with Crippen LogP contribution in [0.2, 0.25) is 0 Å². The molecule has 0 spiro atoms. The number of nitrogens with zero attached hydrogens (tertiary/aromatic N) is 5. The Morgan fingerprint density at radius 3 is 2.44 bits per heavy atom. The second-order valence-corrected chi connectivity index (χ2v) is 8.25. The van der Waals surface area contributed by atoms with Crippen molar-refractivity contribution in [2.24, 2.45) is 0 Å². The number of benzene rings is 1. The molecule has 1 aliphatic rings. The van der Waals surface area contributed by atoms with Gasteiger partial charge in [0.2, 0.25) is 5.91 Å². The molecule has 1 aromatic carbocycles. The number of aryl methyl sites for hydroxylation is 1. The Morgan fingerprint density at radius 2 is 1.79 bits per heavy atom. The molecular formula is C23H25F3N6O2. The molecule has 0 saturated carbocycles. The summed E-state index contributed by atoms with van der Waals surface area (Å²) >= 11 is 0. The fourth-order valence-corrected chi connectivity index (χ4v) is 4.12. The van der Waals surface area contributed by atoms with Crippen molar-refractivity contribution in [2.75, 3.05) is 36.5 Å². The van der Waals surface area contributed by atoms with Crippen molar-refractivity contribution in [1.82, 2.24) is 19.5 Å². The molecule has 11 heteroatoms. The van der Waals surface area contributed by atoms with Crippen LogP contribution < -0.4 is 15.9 Å². The van der Waals surface area contributed by atoms with Crippen LogP contribution in [0.5, 0.6) is 0 Å². The standard InChI is InChI=1S/C23H25F3N6O2/c1-13(16-5-4-6-17(21(16)24)22(25)26)27-23-18-12-32(20(34)11-19(18)28-14(2)29-23)31-9-7-30(8-10-31)15(3)33/h4-6,11-13,22H,7-10H2,1-3H3,(H,27,28,29)/t13-/m1/s1. The van der Waals surface area contributed by atoms with Crippen LogP contribution in [0.4, 0.5) is 19.0 Å². The Hall–Kier alpha value is -3.63. The average Bonchev–Trinajstić information content (AvgIpc) is 2.78. The number of carbonyl (C=O) groups excluding carboxylic acids is 1. The minimum absolute atomic E-state index is 0.0157. The van der Waals surface area contributed by atoms with Crippen LogP contribution in [0.3, 0.4) is 0 Å². The van der Waals surface area contributed by atoms with Gasteiger partial charge in [-0.05, 0) is 13.8 Å². The van der Waals surface area contributed by atoms with Crippen LogP contribution in [-0.2, 0) is 4.79 Å². The molecule has 3 heterocycles. The van der Waals surface area contributed by atoms with E-state index in [0.717, 1.165) is 6.07 Å². The quantitative estimate of drug-likeness (QED) is 0.612. The van der Waals surface area contributed by atoms with Gasteiger partial charge in [-0.25, -0.2) is 27.8 Å². The van der Waals surface area contributed by atoms with Crippen molar-refractivity contribution in [3.8, 4) is 0 Å². The van der Waals surface area contributed by atoms with Crippen molar-refractivity contribution in [1.29, 1.82) is 0 Å². The summed E-state index contributed by atoms with van der Waals surface area (Å²) in [5.41, 5.74) is -0.450. The Labute approximate surface area is 194 Å². The predicted molar refractivity (Wildman–Crippen MR) is 122 cm³/mol. The van der Waals surface area contributed by atoms with Gasteiger partial charge in [-0.1, -0.05) is 18.2 Å². The van der Waals surface area contributed by atoms with E-state index in [-0.39, 0.29) is 17.0 Å². The summed E-state index contributed by atoms with van der Waals surface area (Å²) in [5.74, 6) is -0.227. The third kappa shape index (κ3) is 4.55. The van der Waals surface area contributed by atoms with E-state index in [2.05, 4.69) is 15.3 Å². The molecule has 3 aromatic rings. The summed E-state index contributed by atoms with van der Waals surface area (Å²) in [6.45, 7) is 6.76. The third-order valence-electron chi connectivity index (χ3n) is 5.94. The van der Waals surface area contributed by atoms with E-state index in [1.165, 1.54) is 29.8 Å². The first-order valence-electron chi connectivity index (χ1n) is 10.9. The molecule has 1 amide bonds. The second-order valence-electron chi connectivity index (χ2n) is 8.25. The zero-order chi connectivity index (χ0) is 24.6. The molecule has 0 radical (unpaired) electrons. The zero-order valence-electron chi connectivity index (χ0n) is 19.1. The maximum absolute atomic E-state index is 14.7. The van der Waals surface area contributed by atoms with Crippen LogP contribution in [0.15, 0.2) is 35.3 Å². The van der Waals surface area contributed by atoms with E-state index < -0.39 is 23.8 Å². The molecule has 180 valence electrons. The summed E-state index contributed by atoms with van der Waals surface area (Å²) in [7, 11) is 0. The van der Waals surface area contributed by atoms with Gasteiger partial charge in [0.1, 0.15) is 17.5 Å². The lowest BCUT2D eigenvalue weighted by Gasteiger charge is -2.36. The number of nitrogens with one attached hydrogen (secondary N) is 1. The van der Waals surface area contributed by atoms with Crippen LogP contribution in [0, 0.1) is 12.7 Å². The molecule has 34 heavy (non-hydrogen) atoms. The Morgan fingerprint density at radius 1 is 1.12 bits per heavy atom. The molecule has 2 aromatic heterocycles. The maximum atomic E-state index is 14.7. The van der Waals surface area contributed by atoms with Gasteiger partial charge in [-0.15, -0.1) is 0 Å². The summed E-state index contributed by atoms with van der Waals surface area (Å²) in [5, 5.41) is 5.46. The number of hydrogen-bond donors (Lipinski definition) is 1. The number of fused-ring (bicyclic) bond motifs is 1. The van der Waals surface area contributed by atoms with Gasteiger partial charge in [-0.2, -0.15) is 0 Å². The Bertz CT molecular complexity index is 1290. The molecule has 4 rings (SSSR count). The van der Waals surface area contributed by atoms with Gasteiger partial charge in [0.25, 0.3) is 12.0 Å². The fourth-order valence-electron chi connectivity index (χ4n) is 4.12. The Kier molecular flexibility index (Phi) is 6.45. The minimum Gasteiger partial charge on any atom is -0.363 e. The number of piperazine rings is 1. The number of hydrogen-bond acceptors (Lipinski definition) is 6. The van der Waals surface area contributed by atoms with E-state index >= 15 is 0 Å². The number of carbonyl (C=O) groups is 1. The largest absolute Gasteiger partial charge is 0.363 e. The lowest BCUT2D eigenvalue weighted by molar-refractivity contribution is -0.129. The molecule has 1 saturated heterocycles. The number of rotatable bonds is 5. The molecule has 1 N–H and O–H groups in total. The highest BCUT2D eigenvalue weighted by Gasteiger charge is 2.22. The lowest BCUT2D eigenvalue weighted by Crippen LogP contribution is -2.54. The van der Waals surface area contributed by atoms with Crippen LogP contribution >= 0.6 is 0 Å². The monoisotopic (exact) mass is 474 g/mol. The molecule has 0 aliphatic carbocycles. The minimum atomic E-state index is -2.92. The molecule has 1 aliphatic heterocycles. The maximum Gasteiger partial charge on any atom is 0.271 e. The van der Waals surface area contributed by atoms with Gasteiger partial charge in [0.05, 0.1) is 35.6 Å². The molecule has 0 bridgehead atoms. The third-order valence-corrected chi connectivity index (χ3v) is 5.94. The van der Waals surface area contributed by atoms with Crippen molar-refractivity contribution in [3.63, 3.8) is 0 Å². The normalized spacial score (nSPS) is 15.1. The number of anilines is 1. The topological polar surface area (TPSA) is 83.4 Å². The molecule has 8 nitrogen and oxygen atoms in total. The smallest absolute Gasteiger partial charge is 0.271 e. The van der Waals surface area contributed by atoms with Gasteiger partial charge in [0, 0.05) is 37.8 Å². The highest BCUT2D eigenvalue weighted by Crippen LogP contribution is 2.30. The van der Waals surface area contributed by atoms with Crippen molar-refractivity contribution in [2.45, 2.75) is 33.2 Å². The first-order valence-corrected chi connectivity index (χ1v) is 10.9. The summed E-state index contributed by atoms with van der Waals surface area (Å²) in [6.07, 6.45) is -1.31. The number of halogens is 3. The highest BCUT2D eigenvalue weighted by molar-refractivity contribution is 5.88. The summed E-state index contributed by atoms with van der Waals surface area (Å²) in [4.78, 5) is 34.9. The van der Waals surface area contributed by atoms with E-state index in [0.29, 0.717) is 48.7 Å². The van der Waals surface area contributed by atoms with Crippen LogP contribution in [0.1, 0.15) is 43.3 Å². The zero-order valence-corrected chi connectivity index (χ0v) is 19.1. The fraction of sp³-hybridized carbons (Fsp3) is 0.391. The van der Waals surface area contributed by atoms with Gasteiger partial charge in [-0.3, -0.25) is 9.59 Å². The van der Waals surface area contributed by atoms with Gasteiger partial charge < -0.3 is 15.2 Å². The number of alkyl halides is 2. The van der Waals surface area contributed by atoms with Gasteiger partial charge >= 0.3 is 0 Å².